The Kier molecular flexibility index (Phi) is 4.98. The normalized spacial score (nSPS) is 11.7. The molecule has 0 atom stereocenters. The molecule has 0 unspecified atom stereocenters. The van der Waals surface area contributed by atoms with E-state index in [1.54, 1.807) is 0 Å². The van der Waals surface area contributed by atoms with Gasteiger partial charge in [0.05, 0.1) is 0 Å². The molecule has 14 heavy (non-hydrogen) atoms. The third-order valence-electron chi connectivity index (χ3n) is 2.31. The molecular formula is C12H19BrSn. The van der Waals surface area contributed by atoms with Crippen LogP contribution in [0.25, 0.3) is 0 Å². The van der Waals surface area contributed by atoms with Gasteiger partial charge in [0.2, 0.25) is 0 Å². The number of hydrogen-bond acceptors (Lipinski definition) is 0. The van der Waals surface area contributed by atoms with E-state index in [4.69, 9.17) is 0 Å². The molecule has 0 heterocycles. The van der Waals surface area contributed by atoms with Crippen molar-refractivity contribution in [1.82, 2.24) is 0 Å². The van der Waals surface area contributed by atoms with Crippen LogP contribution in [0.2, 0.25) is 19.3 Å². The first-order valence-corrected chi connectivity index (χ1v) is 16.6. The molecule has 0 aliphatic rings. The summed E-state index contributed by atoms with van der Waals surface area (Å²) in [6, 6.07) is 8.72. The number of rotatable bonds is 4. The molecule has 1 aromatic rings. The molecule has 0 spiro atoms. The molecule has 0 aromatic heterocycles. The van der Waals surface area contributed by atoms with Crippen LogP contribution in [0.5, 0.6) is 0 Å². The van der Waals surface area contributed by atoms with Gasteiger partial charge in [0.15, 0.2) is 0 Å². The Morgan fingerprint density at radius 3 is 2.14 bits per heavy atom. The number of aryl methyl sites for hydroxylation is 1. The zero-order valence-corrected chi connectivity index (χ0v) is 13.7. The zero-order valence-electron chi connectivity index (χ0n) is 9.31. The molecule has 0 saturated carbocycles. The van der Waals surface area contributed by atoms with Crippen molar-refractivity contribution in [2.24, 2.45) is 0 Å². The molecule has 2 heteroatoms. The van der Waals surface area contributed by atoms with Crippen LogP contribution in [-0.4, -0.2) is 18.4 Å². The van der Waals surface area contributed by atoms with Crippen LogP contribution in [-0.2, 0) is 6.42 Å². The minimum atomic E-state index is -1.50. The quantitative estimate of drug-likeness (QED) is 0.681. The maximum absolute atomic E-state index is 3.46. The first-order chi connectivity index (χ1) is 6.47. The Morgan fingerprint density at radius 2 is 1.64 bits per heavy atom. The van der Waals surface area contributed by atoms with Gasteiger partial charge in [0.25, 0.3) is 0 Å². The Hall–Kier alpha value is 0.499. The Balaban J connectivity index is 2.35. The van der Waals surface area contributed by atoms with Crippen LogP contribution in [0.4, 0.5) is 0 Å². The van der Waals surface area contributed by atoms with E-state index < -0.39 is 18.4 Å². The molecular weight excluding hydrogens is 343 g/mol. The molecule has 0 saturated heterocycles. The van der Waals surface area contributed by atoms with Crippen molar-refractivity contribution in [2.75, 3.05) is 0 Å². The predicted molar refractivity (Wildman–Crippen MR) is 70.6 cm³/mol. The Bertz CT molecular complexity index is 271. The van der Waals surface area contributed by atoms with E-state index >= 15 is 0 Å². The van der Waals surface area contributed by atoms with Crippen molar-refractivity contribution in [3.05, 3.63) is 34.3 Å². The van der Waals surface area contributed by atoms with Gasteiger partial charge in [0, 0.05) is 0 Å². The summed E-state index contributed by atoms with van der Waals surface area (Å²) in [5, 5.41) is 0. The summed E-state index contributed by atoms with van der Waals surface area (Å²) in [7, 11) is 0. The monoisotopic (exact) mass is 362 g/mol. The number of hydrogen-bond donors (Lipinski definition) is 0. The van der Waals surface area contributed by atoms with Gasteiger partial charge < -0.3 is 0 Å². The van der Waals surface area contributed by atoms with Crippen LogP contribution in [0.1, 0.15) is 12.0 Å². The van der Waals surface area contributed by atoms with Crippen molar-refractivity contribution in [3.63, 3.8) is 0 Å². The van der Waals surface area contributed by atoms with Crippen LogP contribution >= 0.6 is 15.9 Å². The molecule has 1 rings (SSSR count). The maximum atomic E-state index is 3.46. The van der Waals surface area contributed by atoms with Gasteiger partial charge in [-0.3, -0.25) is 0 Å². The summed E-state index contributed by atoms with van der Waals surface area (Å²) in [5.41, 5.74) is 1.48. The Labute approximate surface area is 100 Å². The van der Waals surface area contributed by atoms with Gasteiger partial charge >= 0.3 is 101 Å². The second kappa shape index (κ2) is 5.55. The summed E-state index contributed by atoms with van der Waals surface area (Å²) in [4.78, 5) is 7.53. The van der Waals surface area contributed by atoms with E-state index in [2.05, 4.69) is 55.0 Å². The van der Waals surface area contributed by atoms with Crippen molar-refractivity contribution in [2.45, 2.75) is 32.1 Å². The molecule has 0 radical (unpaired) electrons. The molecule has 0 aliphatic heterocycles. The van der Waals surface area contributed by atoms with Gasteiger partial charge in [-0.25, -0.2) is 0 Å². The topological polar surface area (TPSA) is 0 Å². The first kappa shape index (κ1) is 12.6. The average Bonchev–Trinajstić information content (AvgIpc) is 2.06. The predicted octanol–water partition coefficient (Wildman–Crippen LogP) is 4.72. The standard InChI is InChI=1S/C9H10Br.3CH3.Sn/c1-2-3-8-4-6-9(10)7-5-8;;;;/h4-7H,1-3H2;3*1H3;. The van der Waals surface area contributed by atoms with E-state index in [0.29, 0.717) is 0 Å². The summed E-state index contributed by atoms with van der Waals surface area (Å²) >= 11 is 1.96. The SMILES string of the molecule is [CH3][Sn]([CH3])([CH3])[CH2]CCc1ccc(Br)cc1. The fraction of sp³-hybridized carbons (Fsp3) is 0.500. The van der Waals surface area contributed by atoms with E-state index in [1.165, 1.54) is 27.3 Å². The van der Waals surface area contributed by atoms with E-state index in [1.807, 2.05) is 0 Å². The number of halogens is 1. The third-order valence-corrected chi connectivity index (χ3v) is 8.12. The Morgan fingerprint density at radius 1 is 1.07 bits per heavy atom. The molecule has 0 aliphatic carbocycles. The second-order valence-electron chi connectivity index (χ2n) is 5.04. The first-order valence-electron chi connectivity index (χ1n) is 5.22. The average molecular weight is 362 g/mol. The van der Waals surface area contributed by atoms with E-state index in [9.17, 15) is 0 Å². The summed E-state index contributed by atoms with van der Waals surface area (Å²) < 4.78 is 2.68. The molecule has 1 aromatic carbocycles. The van der Waals surface area contributed by atoms with Crippen LogP contribution in [0, 0.1) is 0 Å². The van der Waals surface area contributed by atoms with Crippen molar-refractivity contribution in [3.8, 4) is 0 Å². The van der Waals surface area contributed by atoms with Gasteiger partial charge in [-0.05, 0) is 0 Å². The van der Waals surface area contributed by atoms with Gasteiger partial charge in [0.1, 0.15) is 0 Å². The minimum absolute atomic E-state index is 1.18. The summed E-state index contributed by atoms with van der Waals surface area (Å²) in [5.74, 6) is 0. The molecule has 0 fully saturated rings. The molecule has 0 bridgehead atoms. The number of benzene rings is 1. The van der Waals surface area contributed by atoms with Crippen molar-refractivity contribution < 1.29 is 0 Å². The fourth-order valence-corrected chi connectivity index (χ4v) is 5.27. The van der Waals surface area contributed by atoms with Crippen LogP contribution < -0.4 is 0 Å². The van der Waals surface area contributed by atoms with Gasteiger partial charge in [-0.1, -0.05) is 0 Å². The third kappa shape index (κ3) is 5.40. The van der Waals surface area contributed by atoms with Crippen molar-refractivity contribution in [1.29, 1.82) is 0 Å². The van der Waals surface area contributed by atoms with Crippen LogP contribution in [0.3, 0.4) is 0 Å². The molecule has 78 valence electrons. The molecule has 0 nitrogen and oxygen atoms in total. The van der Waals surface area contributed by atoms with Crippen LogP contribution in [0.15, 0.2) is 28.7 Å². The van der Waals surface area contributed by atoms with Gasteiger partial charge in [-0.2, -0.15) is 0 Å². The summed E-state index contributed by atoms with van der Waals surface area (Å²) in [6.07, 6.45) is 2.63. The fourth-order valence-electron chi connectivity index (χ4n) is 1.47. The summed E-state index contributed by atoms with van der Waals surface area (Å²) in [6.45, 7) is 0. The van der Waals surface area contributed by atoms with Gasteiger partial charge in [-0.15, -0.1) is 0 Å². The van der Waals surface area contributed by atoms with E-state index in [0.717, 1.165) is 0 Å². The van der Waals surface area contributed by atoms with E-state index in [-0.39, 0.29) is 0 Å². The molecule has 0 N–H and O–H groups in total. The second-order valence-corrected chi connectivity index (χ2v) is 22.0. The zero-order chi connectivity index (χ0) is 10.6. The van der Waals surface area contributed by atoms with Crippen molar-refractivity contribution >= 4 is 34.3 Å². The molecule has 0 amide bonds.